The molecule has 0 bridgehead atoms. The molecule has 160 valence electrons. The van der Waals surface area contributed by atoms with Gasteiger partial charge in [0.15, 0.2) is 11.4 Å². The van der Waals surface area contributed by atoms with Crippen molar-refractivity contribution >= 4 is 34.3 Å². The number of carbonyl (C=O) groups is 2. The van der Waals surface area contributed by atoms with Crippen molar-refractivity contribution in [3.8, 4) is 11.5 Å². The van der Waals surface area contributed by atoms with Crippen molar-refractivity contribution in [2.75, 3.05) is 6.61 Å². The van der Waals surface area contributed by atoms with Crippen LogP contribution in [0, 0.1) is 0 Å². The van der Waals surface area contributed by atoms with E-state index in [-0.39, 0.29) is 24.3 Å². The smallest absolute Gasteiger partial charge is 0.367 e. The lowest BCUT2D eigenvalue weighted by Crippen LogP contribution is -2.09. The molecule has 0 N–H and O–H groups in total. The molecule has 0 aliphatic heterocycles. The van der Waals surface area contributed by atoms with Crippen molar-refractivity contribution < 1.29 is 23.5 Å². The average molecular weight is 440 g/mol. The van der Waals surface area contributed by atoms with Crippen LogP contribution in [0.25, 0.3) is 22.5 Å². The van der Waals surface area contributed by atoms with Crippen LogP contribution in [-0.2, 0) is 16.1 Å². The summed E-state index contributed by atoms with van der Waals surface area (Å²) in [6.45, 7) is 5.88. The molecule has 4 aromatic rings. The topological polar surface area (TPSA) is 109 Å². The summed E-state index contributed by atoms with van der Waals surface area (Å²) in [6, 6.07) is 5.20. The number of carbonyl (C=O) groups excluding carboxylic acids is 2. The summed E-state index contributed by atoms with van der Waals surface area (Å²) in [5.41, 5.74) is 1.86. The summed E-state index contributed by atoms with van der Waals surface area (Å²) < 4.78 is 17.6. The van der Waals surface area contributed by atoms with Crippen LogP contribution in [0.4, 0.5) is 0 Å². The van der Waals surface area contributed by atoms with Gasteiger partial charge in [-0.25, -0.2) is 24.2 Å². The van der Waals surface area contributed by atoms with E-state index in [0.717, 1.165) is 11.3 Å². The minimum Gasteiger partial charge on any atom is -0.463 e. The fourth-order valence-electron chi connectivity index (χ4n) is 2.99. The Labute approximate surface area is 181 Å². The zero-order valence-electron chi connectivity index (χ0n) is 17.2. The van der Waals surface area contributed by atoms with Gasteiger partial charge in [-0.05, 0) is 39.0 Å². The molecule has 0 atom stereocenters. The van der Waals surface area contributed by atoms with Gasteiger partial charge in [-0.1, -0.05) is 0 Å². The van der Waals surface area contributed by atoms with Gasteiger partial charge in [-0.15, -0.1) is 11.3 Å². The number of hydrogen-bond donors (Lipinski definition) is 0. The highest BCUT2D eigenvalue weighted by Crippen LogP contribution is 2.27. The maximum Gasteiger partial charge on any atom is 0.367 e. The van der Waals surface area contributed by atoms with Crippen LogP contribution < -0.4 is 0 Å². The number of pyridine rings is 1. The summed E-state index contributed by atoms with van der Waals surface area (Å²) in [5, 5.41) is 6.83. The average Bonchev–Trinajstić information content (AvgIpc) is 3.51. The predicted molar refractivity (Wildman–Crippen MR) is 113 cm³/mol. The molecule has 4 aromatic heterocycles. The SMILES string of the molecule is CCOC(=O)c1nc(COC(=O)c2cc(-c3ccco3)nc3c2cnn3C(C)C)cs1. The van der Waals surface area contributed by atoms with Crippen molar-refractivity contribution in [2.45, 2.75) is 33.4 Å². The maximum atomic E-state index is 12.9. The normalized spacial score (nSPS) is 11.2. The fourth-order valence-corrected chi connectivity index (χ4v) is 3.69. The Balaban J connectivity index is 1.62. The molecular weight excluding hydrogens is 420 g/mol. The number of ether oxygens (including phenoxy) is 2. The Morgan fingerprint density at radius 3 is 2.77 bits per heavy atom. The van der Waals surface area contributed by atoms with E-state index < -0.39 is 11.9 Å². The summed E-state index contributed by atoms with van der Waals surface area (Å²) in [5.74, 6) is -0.509. The summed E-state index contributed by atoms with van der Waals surface area (Å²) in [6.07, 6.45) is 3.15. The van der Waals surface area contributed by atoms with Gasteiger partial charge in [0.2, 0.25) is 5.01 Å². The number of fused-ring (bicyclic) bond motifs is 1. The van der Waals surface area contributed by atoms with E-state index in [2.05, 4.69) is 15.1 Å². The minimum absolute atomic E-state index is 0.0528. The Morgan fingerprint density at radius 2 is 2.06 bits per heavy atom. The molecule has 31 heavy (non-hydrogen) atoms. The third kappa shape index (κ3) is 4.19. The number of esters is 2. The molecule has 0 unspecified atom stereocenters. The van der Waals surface area contributed by atoms with Gasteiger partial charge in [0.1, 0.15) is 12.3 Å². The first-order valence-corrected chi connectivity index (χ1v) is 10.6. The second kappa shape index (κ2) is 8.68. The molecule has 0 saturated carbocycles. The van der Waals surface area contributed by atoms with Gasteiger partial charge in [0.05, 0.1) is 35.7 Å². The second-order valence-corrected chi connectivity index (χ2v) is 7.75. The molecular formula is C21H20N4O5S. The van der Waals surface area contributed by atoms with Crippen LogP contribution in [-0.4, -0.2) is 38.3 Å². The highest BCUT2D eigenvalue weighted by molar-refractivity contribution is 7.11. The molecule has 0 radical (unpaired) electrons. The lowest BCUT2D eigenvalue weighted by molar-refractivity contribution is 0.0470. The van der Waals surface area contributed by atoms with Gasteiger partial charge in [-0.2, -0.15) is 5.10 Å². The second-order valence-electron chi connectivity index (χ2n) is 6.89. The van der Waals surface area contributed by atoms with Crippen molar-refractivity contribution in [1.29, 1.82) is 0 Å². The molecule has 0 fully saturated rings. The summed E-state index contributed by atoms with van der Waals surface area (Å²) >= 11 is 1.14. The van der Waals surface area contributed by atoms with Gasteiger partial charge in [-0.3, -0.25) is 0 Å². The van der Waals surface area contributed by atoms with Gasteiger partial charge in [0.25, 0.3) is 0 Å². The third-order valence-corrected chi connectivity index (χ3v) is 5.27. The van der Waals surface area contributed by atoms with E-state index >= 15 is 0 Å². The standard InChI is InChI=1S/C21H20N4O5S/c1-4-28-21(27)19-23-13(11-31-19)10-30-20(26)14-8-16(17-6-5-7-29-17)24-18-15(14)9-22-25(18)12(2)3/h5-9,11-12H,4,10H2,1-3H3. The molecule has 0 amide bonds. The Bertz CT molecular complexity index is 1230. The first-order chi connectivity index (χ1) is 15.0. The summed E-state index contributed by atoms with van der Waals surface area (Å²) in [4.78, 5) is 33.5. The number of thiazole rings is 1. The fraction of sp³-hybridized carbons (Fsp3) is 0.286. The van der Waals surface area contributed by atoms with Crippen molar-refractivity contribution in [3.05, 3.63) is 52.3 Å². The van der Waals surface area contributed by atoms with E-state index in [0.29, 0.717) is 33.7 Å². The van der Waals surface area contributed by atoms with E-state index in [1.165, 1.54) is 0 Å². The van der Waals surface area contributed by atoms with Crippen LogP contribution in [0.2, 0.25) is 0 Å². The van der Waals surface area contributed by atoms with E-state index in [9.17, 15) is 9.59 Å². The first-order valence-electron chi connectivity index (χ1n) is 9.68. The molecule has 0 saturated heterocycles. The monoisotopic (exact) mass is 440 g/mol. The quantitative estimate of drug-likeness (QED) is 0.392. The van der Waals surface area contributed by atoms with Crippen LogP contribution in [0.3, 0.4) is 0 Å². The number of furan rings is 1. The lowest BCUT2D eigenvalue weighted by Gasteiger charge is -2.09. The predicted octanol–water partition coefficient (Wildman–Crippen LogP) is 4.26. The van der Waals surface area contributed by atoms with Crippen molar-refractivity contribution in [1.82, 2.24) is 19.7 Å². The third-order valence-electron chi connectivity index (χ3n) is 4.40. The van der Waals surface area contributed by atoms with Gasteiger partial charge in [0, 0.05) is 11.4 Å². The molecule has 9 nitrogen and oxygen atoms in total. The van der Waals surface area contributed by atoms with Crippen LogP contribution >= 0.6 is 11.3 Å². The Hall–Kier alpha value is -3.53. The zero-order chi connectivity index (χ0) is 22.0. The minimum atomic E-state index is -0.547. The largest absolute Gasteiger partial charge is 0.463 e. The molecule has 0 aromatic carbocycles. The zero-order valence-corrected chi connectivity index (χ0v) is 18.0. The number of aromatic nitrogens is 4. The van der Waals surface area contributed by atoms with Crippen molar-refractivity contribution in [3.63, 3.8) is 0 Å². The van der Waals surface area contributed by atoms with Crippen LogP contribution in [0.15, 0.2) is 40.5 Å². The van der Waals surface area contributed by atoms with Gasteiger partial charge >= 0.3 is 11.9 Å². The van der Waals surface area contributed by atoms with E-state index in [1.54, 1.807) is 47.6 Å². The molecule has 0 aliphatic carbocycles. The number of nitrogens with zero attached hydrogens (tertiary/aromatic N) is 4. The molecule has 10 heteroatoms. The van der Waals surface area contributed by atoms with Crippen LogP contribution in [0.5, 0.6) is 0 Å². The number of rotatable bonds is 7. The lowest BCUT2D eigenvalue weighted by atomic mass is 10.1. The summed E-state index contributed by atoms with van der Waals surface area (Å²) in [7, 11) is 0. The number of hydrogen-bond acceptors (Lipinski definition) is 9. The maximum absolute atomic E-state index is 12.9. The van der Waals surface area contributed by atoms with Gasteiger partial charge < -0.3 is 13.9 Å². The highest BCUT2D eigenvalue weighted by Gasteiger charge is 2.21. The highest BCUT2D eigenvalue weighted by atomic mass is 32.1. The first kappa shape index (κ1) is 20.7. The van der Waals surface area contributed by atoms with Crippen molar-refractivity contribution in [2.24, 2.45) is 0 Å². The van der Waals surface area contributed by atoms with E-state index in [4.69, 9.17) is 13.9 Å². The van der Waals surface area contributed by atoms with E-state index in [1.807, 2.05) is 13.8 Å². The molecule has 4 heterocycles. The Morgan fingerprint density at radius 1 is 1.23 bits per heavy atom. The molecule has 0 spiro atoms. The van der Waals surface area contributed by atoms with Crippen LogP contribution in [0.1, 0.15) is 52.7 Å². The molecule has 0 aliphatic rings. The molecule has 4 rings (SSSR count). The Kier molecular flexibility index (Phi) is 5.81.